The van der Waals surface area contributed by atoms with E-state index < -0.39 is 0 Å². The number of halogens is 1. The van der Waals surface area contributed by atoms with Crippen LogP contribution in [0.4, 0.5) is 15.8 Å². The summed E-state index contributed by atoms with van der Waals surface area (Å²) in [5, 5.41) is 2.81. The Morgan fingerprint density at radius 1 is 1.05 bits per heavy atom. The highest BCUT2D eigenvalue weighted by atomic mass is 19.1. The molecule has 3 nitrogen and oxygen atoms in total. The lowest BCUT2D eigenvalue weighted by Crippen LogP contribution is -2.14. The van der Waals surface area contributed by atoms with Crippen LogP contribution in [-0.4, -0.2) is 11.6 Å². The Morgan fingerprint density at radius 3 is 2.58 bits per heavy atom. The van der Waals surface area contributed by atoms with Gasteiger partial charge in [-0.05, 0) is 29.8 Å². The summed E-state index contributed by atoms with van der Waals surface area (Å²) in [4.78, 5) is 16.3. The second-order valence-electron chi connectivity index (χ2n) is 4.31. The van der Waals surface area contributed by atoms with E-state index in [1.54, 1.807) is 12.1 Å². The fraction of sp³-hybridized carbons (Fsp3) is 0.0667. The molecule has 1 amide bonds. The van der Waals surface area contributed by atoms with Crippen molar-refractivity contribution < 1.29 is 9.18 Å². The molecule has 19 heavy (non-hydrogen) atoms. The first-order valence-electron chi connectivity index (χ1n) is 5.95. The summed E-state index contributed by atoms with van der Waals surface area (Å²) in [5.74, 6) is -0.421. The molecule has 0 radical (unpaired) electrons. The Hall–Kier alpha value is -2.49. The van der Waals surface area contributed by atoms with E-state index in [0.717, 1.165) is 5.56 Å². The number of nitrogens with one attached hydrogen (secondary N) is 1. The van der Waals surface area contributed by atoms with E-state index in [0.29, 0.717) is 17.1 Å². The van der Waals surface area contributed by atoms with Gasteiger partial charge in [0.1, 0.15) is 5.82 Å². The topological polar surface area (TPSA) is 41.5 Å². The van der Waals surface area contributed by atoms with Gasteiger partial charge >= 0.3 is 0 Å². The first-order chi connectivity index (χ1) is 9.22. The minimum atomic E-state index is -0.303. The molecule has 1 heterocycles. The van der Waals surface area contributed by atoms with Crippen molar-refractivity contribution >= 4 is 23.0 Å². The summed E-state index contributed by atoms with van der Waals surface area (Å²) < 4.78 is 12.9. The minimum Gasteiger partial charge on any atom is -0.324 e. The van der Waals surface area contributed by atoms with E-state index in [9.17, 15) is 9.18 Å². The second-order valence-corrected chi connectivity index (χ2v) is 4.31. The van der Waals surface area contributed by atoms with Gasteiger partial charge < -0.3 is 5.32 Å². The van der Waals surface area contributed by atoms with Crippen LogP contribution in [0.25, 0.3) is 0 Å². The SMILES string of the molecule is O=C1CC(c2ccc(F)cc2)=Nc2ccccc2N1. The predicted molar refractivity (Wildman–Crippen MR) is 72.3 cm³/mol. The molecule has 4 heteroatoms. The summed E-state index contributed by atoms with van der Waals surface area (Å²) in [6.45, 7) is 0. The zero-order valence-electron chi connectivity index (χ0n) is 10.1. The molecule has 1 aliphatic rings. The normalized spacial score (nSPS) is 14.2. The molecule has 2 aromatic rings. The Labute approximate surface area is 109 Å². The summed E-state index contributed by atoms with van der Waals surface area (Å²) in [5.41, 5.74) is 2.81. The van der Waals surface area contributed by atoms with E-state index in [4.69, 9.17) is 0 Å². The fourth-order valence-electron chi connectivity index (χ4n) is 2.02. The van der Waals surface area contributed by atoms with Crippen LogP contribution in [0, 0.1) is 5.82 Å². The van der Waals surface area contributed by atoms with E-state index in [1.807, 2.05) is 24.3 Å². The van der Waals surface area contributed by atoms with E-state index in [2.05, 4.69) is 10.3 Å². The average Bonchev–Trinajstić information content (AvgIpc) is 2.57. The number of anilines is 1. The maximum Gasteiger partial charge on any atom is 0.230 e. The van der Waals surface area contributed by atoms with Crippen LogP contribution in [0.2, 0.25) is 0 Å². The van der Waals surface area contributed by atoms with Gasteiger partial charge in [0.05, 0.1) is 23.5 Å². The monoisotopic (exact) mass is 254 g/mol. The molecular weight excluding hydrogens is 243 g/mol. The molecule has 0 saturated heterocycles. The van der Waals surface area contributed by atoms with Gasteiger partial charge in [-0.2, -0.15) is 0 Å². The highest BCUT2D eigenvalue weighted by Gasteiger charge is 2.16. The van der Waals surface area contributed by atoms with Crippen LogP contribution >= 0.6 is 0 Å². The molecule has 0 saturated carbocycles. The van der Waals surface area contributed by atoms with Crippen molar-refractivity contribution in [2.75, 3.05) is 5.32 Å². The van der Waals surface area contributed by atoms with E-state index in [-0.39, 0.29) is 18.1 Å². The van der Waals surface area contributed by atoms with Crippen LogP contribution in [0.1, 0.15) is 12.0 Å². The molecule has 0 aromatic heterocycles. The lowest BCUT2D eigenvalue weighted by atomic mass is 10.1. The highest BCUT2D eigenvalue weighted by molar-refractivity contribution is 6.16. The van der Waals surface area contributed by atoms with Gasteiger partial charge in [-0.25, -0.2) is 4.39 Å². The van der Waals surface area contributed by atoms with Crippen molar-refractivity contribution in [1.29, 1.82) is 0 Å². The lowest BCUT2D eigenvalue weighted by molar-refractivity contribution is -0.115. The molecule has 1 N–H and O–H groups in total. The fourth-order valence-corrected chi connectivity index (χ4v) is 2.02. The van der Waals surface area contributed by atoms with Crippen molar-refractivity contribution in [1.82, 2.24) is 0 Å². The molecule has 0 fully saturated rings. The zero-order valence-corrected chi connectivity index (χ0v) is 10.1. The maximum absolute atomic E-state index is 12.9. The third-order valence-electron chi connectivity index (χ3n) is 2.94. The number of nitrogens with zero attached hydrogens (tertiary/aromatic N) is 1. The van der Waals surface area contributed by atoms with Crippen molar-refractivity contribution in [3.63, 3.8) is 0 Å². The second kappa shape index (κ2) is 4.65. The van der Waals surface area contributed by atoms with Crippen LogP contribution in [0.15, 0.2) is 53.5 Å². The average molecular weight is 254 g/mol. The van der Waals surface area contributed by atoms with Crippen molar-refractivity contribution in [3.05, 3.63) is 59.9 Å². The van der Waals surface area contributed by atoms with E-state index in [1.165, 1.54) is 12.1 Å². The van der Waals surface area contributed by atoms with Crippen molar-refractivity contribution in [2.45, 2.75) is 6.42 Å². The van der Waals surface area contributed by atoms with Gasteiger partial charge in [-0.15, -0.1) is 0 Å². The molecule has 2 aromatic carbocycles. The number of hydrogen-bond donors (Lipinski definition) is 1. The Balaban J connectivity index is 2.08. The first-order valence-corrected chi connectivity index (χ1v) is 5.95. The number of para-hydroxylation sites is 2. The Kier molecular flexibility index (Phi) is 2.83. The third-order valence-corrected chi connectivity index (χ3v) is 2.94. The van der Waals surface area contributed by atoms with Crippen LogP contribution < -0.4 is 5.32 Å². The van der Waals surface area contributed by atoms with Gasteiger partial charge in [0, 0.05) is 0 Å². The minimum absolute atomic E-state index is 0.118. The zero-order chi connectivity index (χ0) is 13.2. The quantitative estimate of drug-likeness (QED) is 0.833. The first kappa shape index (κ1) is 11.6. The molecule has 0 aliphatic carbocycles. The molecule has 3 rings (SSSR count). The number of carbonyl (C=O) groups excluding carboxylic acids is 1. The van der Waals surface area contributed by atoms with Gasteiger partial charge in [0.2, 0.25) is 5.91 Å². The summed E-state index contributed by atoms with van der Waals surface area (Å²) in [6.07, 6.45) is 0.181. The highest BCUT2D eigenvalue weighted by Crippen LogP contribution is 2.28. The summed E-state index contributed by atoms with van der Waals surface area (Å²) in [7, 11) is 0. The van der Waals surface area contributed by atoms with Gasteiger partial charge in [-0.1, -0.05) is 24.3 Å². The van der Waals surface area contributed by atoms with Crippen molar-refractivity contribution in [2.24, 2.45) is 4.99 Å². The van der Waals surface area contributed by atoms with E-state index >= 15 is 0 Å². The number of hydrogen-bond acceptors (Lipinski definition) is 2. The third kappa shape index (κ3) is 2.38. The van der Waals surface area contributed by atoms with Gasteiger partial charge in [-0.3, -0.25) is 9.79 Å². The lowest BCUT2D eigenvalue weighted by Gasteiger charge is -2.02. The number of fused-ring (bicyclic) bond motifs is 1. The number of amides is 1. The van der Waals surface area contributed by atoms with Gasteiger partial charge in [0.15, 0.2) is 0 Å². The maximum atomic E-state index is 12.9. The largest absolute Gasteiger partial charge is 0.324 e. The number of rotatable bonds is 1. The molecule has 1 aliphatic heterocycles. The van der Waals surface area contributed by atoms with Crippen LogP contribution in [0.5, 0.6) is 0 Å². The number of carbonyl (C=O) groups is 1. The van der Waals surface area contributed by atoms with Crippen LogP contribution in [-0.2, 0) is 4.79 Å². The molecule has 94 valence electrons. The van der Waals surface area contributed by atoms with Crippen LogP contribution in [0.3, 0.4) is 0 Å². The molecule has 0 unspecified atom stereocenters. The molecular formula is C15H11FN2O. The smallest absolute Gasteiger partial charge is 0.230 e. The Bertz CT molecular complexity index is 662. The predicted octanol–water partition coefficient (Wildman–Crippen LogP) is 3.29. The number of aliphatic imine (C=N–C) groups is 1. The standard InChI is InChI=1S/C15H11FN2O/c16-11-7-5-10(6-8-11)14-9-15(19)18-13-4-2-1-3-12(13)17-14/h1-8H,9H2,(H,18,19). The molecule has 0 spiro atoms. The number of benzene rings is 2. The summed E-state index contributed by atoms with van der Waals surface area (Å²) in [6, 6.07) is 13.4. The molecule has 0 atom stereocenters. The Morgan fingerprint density at radius 2 is 1.79 bits per heavy atom. The van der Waals surface area contributed by atoms with Gasteiger partial charge in [0.25, 0.3) is 0 Å². The van der Waals surface area contributed by atoms with Crippen molar-refractivity contribution in [3.8, 4) is 0 Å². The molecule has 0 bridgehead atoms. The summed E-state index contributed by atoms with van der Waals surface area (Å²) >= 11 is 0.